The van der Waals surface area contributed by atoms with Crippen molar-refractivity contribution in [2.24, 2.45) is 5.92 Å². The third-order valence-electron chi connectivity index (χ3n) is 5.56. The molecule has 1 unspecified atom stereocenters. The van der Waals surface area contributed by atoms with Crippen molar-refractivity contribution in [3.05, 3.63) is 92.7 Å². The van der Waals surface area contributed by atoms with E-state index in [9.17, 15) is 14.0 Å². The minimum Gasteiger partial charge on any atom is -0.491 e. The van der Waals surface area contributed by atoms with Crippen molar-refractivity contribution in [2.75, 3.05) is 18.5 Å². The lowest BCUT2D eigenvalue weighted by atomic mass is 9.84. The molecule has 3 N–H and O–H groups in total. The molecule has 0 bridgehead atoms. The van der Waals surface area contributed by atoms with Crippen LogP contribution in [-0.4, -0.2) is 30.1 Å². The highest BCUT2D eigenvalue weighted by Crippen LogP contribution is 2.39. The zero-order valence-electron chi connectivity index (χ0n) is 19.9. The summed E-state index contributed by atoms with van der Waals surface area (Å²) in [4.78, 5) is 25.0. The smallest absolute Gasteiger partial charge is 0.229 e. The minimum absolute atomic E-state index is 0.0229. The van der Waals surface area contributed by atoms with Crippen molar-refractivity contribution >= 4 is 52.3 Å². The molecule has 196 valence electrons. The second-order valence-corrected chi connectivity index (χ2v) is 9.61. The van der Waals surface area contributed by atoms with E-state index in [2.05, 4.69) is 10.6 Å². The predicted octanol–water partition coefficient (Wildman–Crippen LogP) is 6.36. The maximum Gasteiger partial charge on any atom is 0.229 e. The van der Waals surface area contributed by atoms with Gasteiger partial charge in [-0.3, -0.25) is 9.59 Å². The first-order valence-corrected chi connectivity index (χ1v) is 12.6. The fourth-order valence-electron chi connectivity index (χ4n) is 3.88. The molecule has 3 aromatic carbocycles. The lowest BCUT2D eigenvalue weighted by molar-refractivity contribution is -0.128. The van der Waals surface area contributed by atoms with Crippen LogP contribution in [0.4, 0.5) is 10.1 Å². The summed E-state index contributed by atoms with van der Waals surface area (Å²) in [5.41, 5.74) is 1.67. The number of aryl methyl sites for hydroxylation is 1. The van der Waals surface area contributed by atoms with E-state index in [0.717, 1.165) is 5.02 Å². The van der Waals surface area contributed by atoms with E-state index < -0.39 is 23.7 Å². The Hall–Kier alpha value is -2.84. The van der Waals surface area contributed by atoms with Crippen LogP contribution in [0.15, 0.2) is 60.7 Å². The van der Waals surface area contributed by atoms with Crippen LogP contribution in [0.5, 0.6) is 5.75 Å². The van der Waals surface area contributed by atoms with Crippen molar-refractivity contribution < 1.29 is 23.8 Å². The number of anilines is 1. The Labute approximate surface area is 229 Å². The van der Waals surface area contributed by atoms with Gasteiger partial charge in [-0.2, -0.15) is 0 Å². The summed E-state index contributed by atoms with van der Waals surface area (Å²) in [7, 11) is 0. The maximum absolute atomic E-state index is 14.9. The minimum atomic E-state index is -0.983. The van der Waals surface area contributed by atoms with Crippen LogP contribution in [0.25, 0.3) is 0 Å². The lowest BCUT2D eigenvalue weighted by Crippen LogP contribution is -2.44. The number of aliphatic hydroxyl groups excluding tert-OH is 1. The van der Waals surface area contributed by atoms with Gasteiger partial charge < -0.3 is 20.5 Å². The fraction of sp³-hybridized carbons (Fsp3) is 0.259. The van der Waals surface area contributed by atoms with Crippen LogP contribution in [-0.2, 0) is 9.59 Å². The van der Waals surface area contributed by atoms with Gasteiger partial charge >= 0.3 is 0 Å². The number of nitrogens with one attached hydrogen (secondary N) is 2. The molecule has 0 spiro atoms. The number of carbonyl (C=O) groups is 2. The number of hydrogen-bond donors (Lipinski definition) is 3. The molecule has 0 radical (unpaired) electrons. The molecule has 1 fully saturated rings. The predicted molar refractivity (Wildman–Crippen MR) is 144 cm³/mol. The van der Waals surface area contributed by atoms with Crippen LogP contribution in [0.1, 0.15) is 30.0 Å². The highest BCUT2D eigenvalue weighted by molar-refractivity contribution is 6.31. The Balaban J connectivity index is 0.000000405. The summed E-state index contributed by atoms with van der Waals surface area (Å²) < 4.78 is 20.4. The van der Waals surface area contributed by atoms with E-state index in [0.29, 0.717) is 10.7 Å². The first kappa shape index (κ1) is 28.7. The van der Waals surface area contributed by atoms with Crippen LogP contribution >= 0.6 is 34.8 Å². The third kappa shape index (κ3) is 8.07. The second kappa shape index (κ2) is 13.6. The first-order chi connectivity index (χ1) is 17.7. The number of ether oxygens (including phenoxy) is 1. The molecule has 6 nitrogen and oxygen atoms in total. The van der Waals surface area contributed by atoms with Crippen LogP contribution < -0.4 is 15.4 Å². The number of amides is 2. The number of hydrogen-bond acceptors (Lipinski definition) is 4. The van der Waals surface area contributed by atoms with Crippen molar-refractivity contribution in [1.82, 2.24) is 5.32 Å². The van der Waals surface area contributed by atoms with Gasteiger partial charge in [0.05, 0.1) is 29.2 Å². The monoisotopic (exact) mass is 566 g/mol. The van der Waals surface area contributed by atoms with Gasteiger partial charge in [-0.25, -0.2) is 4.39 Å². The average Bonchev–Trinajstić information content (AvgIpc) is 2.85. The van der Waals surface area contributed by atoms with Crippen molar-refractivity contribution in [2.45, 2.75) is 25.8 Å². The van der Waals surface area contributed by atoms with Gasteiger partial charge in [-0.15, -0.1) is 0 Å². The number of rotatable bonds is 6. The summed E-state index contributed by atoms with van der Waals surface area (Å²) in [6, 6.07) is 16.2. The van der Waals surface area contributed by atoms with Crippen LogP contribution in [0.2, 0.25) is 15.1 Å². The van der Waals surface area contributed by atoms with E-state index in [1.807, 2.05) is 31.2 Å². The molecule has 0 aromatic heterocycles. The highest BCUT2D eigenvalue weighted by atomic mass is 35.5. The van der Waals surface area contributed by atoms with Gasteiger partial charge in [-0.05, 0) is 61.4 Å². The first-order valence-electron chi connectivity index (χ1n) is 11.5. The third-order valence-corrected chi connectivity index (χ3v) is 6.32. The molecule has 2 amide bonds. The Morgan fingerprint density at radius 3 is 2.43 bits per heavy atom. The van der Waals surface area contributed by atoms with Crippen LogP contribution in [0, 0.1) is 18.7 Å². The Kier molecular flexibility index (Phi) is 10.6. The summed E-state index contributed by atoms with van der Waals surface area (Å²) in [5.74, 6) is -2.15. The van der Waals surface area contributed by atoms with E-state index in [1.54, 1.807) is 24.3 Å². The van der Waals surface area contributed by atoms with Gasteiger partial charge in [0.2, 0.25) is 11.8 Å². The number of halogens is 4. The van der Waals surface area contributed by atoms with Gasteiger partial charge in [0.25, 0.3) is 0 Å². The zero-order chi connectivity index (χ0) is 26.9. The SMILES string of the molecule is Cc1cccc(Cl)c1.O=C1CCC(C(=O)Nc2cccc(Cl)c2)[C@@H](c2c(OCCO)ccc(Cl)c2F)N1. The van der Waals surface area contributed by atoms with E-state index in [-0.39, 0.29) is 48.3 Å². The Morgan fingerprint density at radius 2 is 1.81 bits per heavy atom. The normalized spacial score (nSPS) is 16.8. The Morgan fingerprint density at radius 1 is 1.11 bits per heavy atom. The zero-order valence-corrected chi connectivity index (χ0v) is 22.2. The lowest BCUT2D eigenvalue weighted by Gasteiger charge is -2.33. The van der Waals surface area contributed by atoms with Gasteiger partial charge in [-0.1, -0.05) is 53.0 Å². The molecular weight excluding hydrogens is 542 g/mol. The molecule has 1 saturated heterocycles. The van der Waals surface area contributed by atoms with Crippen LogP contribution in [0.3, 0.4) is 0 Å². The second-order valence-electron chi connectivity index (χ2n) is 8.33. The molecule has 1 aliphatic rings. The molecule has 10 heteroatoms. The summed E-state index contributed by atoms with van der Waals surface area (Å²) >= 11 is 17.5. The van der Waals surface area contributed by atoms with Gasteiger partial charge in [0.1, 0.15) is 12.4 Å². The summed E-state index contributed by atoms with van der Waals surface area (Å²) in [6.45, 7) is 1.67. The topological polar surface area (TPSA) is 87.7 Å². The molecule has 0 aliphatic carbocycles. The molecule has 1 heterocycles. The van der Waals surface area contributed by atoms with E-state index >= 15 is 0 Å². The number of piperidine rings is 1. The average molecular weight is 568 g/mol. The molecule has 4 rings (SSSR count). The number of benzene rings is 3. The summed E-state index contributed by atoms with van der Waals surface area (Å²) in [5, 5.41) is 15.6. The van der Waals surface area contributed by atoms with Crippen molar-refractivity contribution in [1.29, 1.82) is 0 Å². The molecule has 3 aromatic rings. The number of aliphatic hydroxyl groups is 1. The molecule has 37 heavy (non-hydrogen) atoms. The maximum atomic E-state index is 14.9. The fourth-order valence-corrected chi connectivity index (χ4v) is 4.48. The standard InChI is InChI=1S/C20H19Cl2FN2O4.C7H7Cl/c21-11-2-1-3-12(10-11)24-20(28)13-4-7-16(27)25-19(13)17-15(29-9-8-26)6-5-14(22)18(17)23;1-6-3-2-4-7(8)5-6/h1-3,5-6,10,13,19,26H,4,7-9H2,(H,24,28)(H,25,27);2-5H,1H3/t13?,19-;/m0./s1. The van der Waals surface area contributed by atoms with E-state index in [1.165, 1.54) is 17.7 Å². The van der Waals surface area contributed by atoms with Gasteiger partial charge in [0.15, 0.2) is 5.82 Å². The van der Waals surface area contributed by atoms with E-state index in [4.69, 9.17) is 44.6 Å². The molecule has 0 saturated carbocycles. The van der Waals surface area contributed by atoms with Gasteiger partial charge in [0, 0.05) is 22.2 Å². The Bertz CT molecular complexity index is 1240. The van der Waals surface area contributed by atoms with Crippen molar-refractivity contribution in [3.8, 4) is 5.75 Å². The molecule has 2 atom stereocenters. The van der Waals surface area contributed by atoms with Crippen molar-refractivity contribution in [3.63, 3.8) is 0 Å². The molecule has 1 aliphatic heterocycles. The number of carbonyl (C=O) groups excluding carboxylic acids is 2. The highest BCUT2D eigenvalue weighted by Gasteiger charge is 2.38. The summed E-state index contributed by atoms with van der Waals surface area (Å²) in [6.07, 6.45) is 0.341. The molecular formula is C27H26Cl3FN2O4. The largest absolute Gasteiger partial charge is 0.491 e. The quantitative estimate of drug-likeness (QED) is 0.324.